The van der Waals surface area contributed by atoms with Crippen LogP contribution in [0.4, 0.5) is 11.6 Å². The first kappa shape index (κ1) is 15.5. The number of hydrogen-bond acceptors (Lipinski definition) is 4. The first-order valence-corrected chi connectivity index (χ1v) is 8.28. The zero-order valence-electron chi connectivity index (χ0n) is 12.7. The van der Waals surface area contributed by atoms with Crippen LogP contribution in [-0.2, 0) is 0 Å². The van der Waals surface area contributed by atoms with Gasteiger partial charge in [-0.2, -0.15) is 0 Å². The smallest absolute Gasteiger partial charge is 0.145 e. The lowest BCUT2D eigenvalue weighted by molar-refractivity contribution is 0.252. The van der Waals surface area contributed by atoms with Crippen LogP contribution in [0.5, 0.6) is 0 Å². The van der Waals surface area contributed by atoms with Gasteiger partial charge in [-0.25, -0.2) is 9.97 Å². The molecule has 0 radical (unpaired) electrons. The molecule has 1 aliphatic rings. The van der Waals surface area contributed by atoms with E-state index >= 15 is 0 Å². The lowest BCUT2D eigenvalue weighted by Crippen LogP contribution is -2.29. The highest BCUT2D eigenvalue weighted by Gasteiger charge is 2.34. The summed E-state index contributed by atoms with van der Waals surface area (Å²) in [5.74, 6) is 2.46. The summed E-state index contributed by atoms with van der Waals surface area (Å²) in [4.78, 5) is 8.54. The molecule has 2 N–H and O–H groups in total. The van der Waals surface area contributed by atoms with E-state index in [0.717, 1.165) is 28.6 Å². The Kier molecular flexibility index (Phi) is 5.24. The van der Waals surface area contributed by atoms with Crippen LogP contribution in [0.15, 0.2) is 10.8 Å². The minimum Gasteiger partial charge on any atom is -0.372 e. The molecule has 1 aliphatic carbocycles. The summed E-state index contributed by atoms with van der Waals surface area (Å²) in [7, 11) is 1.87. The molecule has 0 saturated heterocycles. The zero-order chi connectivity index (χ0) is 14.6. The number of nitrogens with one attached hydrogen (secondary N) is 2. The average molecular weight is 341 g/mol. The molecule has 0 atom stereocenters. The Balaban J connectivity index is 2.06. The molecule has 0 unspecified atom stereocenters. The molecule has 0 aromatic carbocycles. The van der Waals surface area contributed by atoms with Gasteiger partial charge in [0.05, 0.1) is 0 Å². The molecular formula is C15H25BrN4. The quantitative estimate of drug-likeness (QED) is 0.810. The molecule has 0 aliphatic heterocycles. The van der Waals surface area contributed by atoms with Gasteiger partial charge in [-0.05, 0) is 46.5 Å². The van der Waals surface area contributed by atoms with Crippen molar-refractivity contribution in [2.75, 3.05) is 24.2 Å². The average Bonchev–Trinajstić information content (AvgIpc) is 2.85. The molecule has 0 spiro atoms. The first-order valence-electron chi connectivity index (χ1n) is 7.48. The highest BCUT2D eigenvalue weighted by molar-refractivity contribution is 9.10. The van der Waals surface area contributed by atoms with Crippen LogP contribution in [0.3, 0.4) is 0 Å². The fourth-order valence-electron chi connectivity index (χ4n) is 3.38. The fourth-order valence-corrected chi connectivity index (χ4v) is 3.93. The number of nitrogens with zero attached hydrogens (tertiary/aromatic N) is 2. The lowest BCUT2D eigenvalue weighted by atomic mass is 9.78. The van der Waals surface area contributed by atoms with Gasteiger partial charge < -0.3 is 10.6 Å². The predicted molar refractivity (Wildman–Crippen MR) is 88.1 cm³/mol. The summed E-state index contributed by atoms with van der Waals surface area (Å²) in [5.41, 5.74) is 0.443. The molecule has 1 saturated carbocycles. The van der Waals surface area contributed by atoms with Crippen molar-refractivity contribution in [2.45, 2.75) is 46.0 Å². The summed E-state index contributed by atoms with van der Waals surface area (Å²) in [6.07, 6.45) is 8.28. The zero-order valence-corrected chi connectivity index (χ0v) is 14.3. The van der Waals surface area contributed by atoms with Crippen LogP contribution in [0, 0.1) is 11.3 Å². The second-order valence-corrected chi connectivity index (χ2v) is 7.09. The molecule has 112 valence electrons. The van der Waals surface area contributed by atoms with Crippen LogP contribution in [0.25, 0.3) is 0 Å². The van der Waals surface area contributed by atoms with Gasteiger partial charge in [-0.3, -0.25) is 0 Å². The maximum absolute atomic E-state index is 4.35. The van der Waals surface area contributed by atoms with Gasteiger partial charge >= 0.3 is 0 Å². The third-order valence-electron chi connectivity index (χ3n) is 4.16. The van der Waals surface area contributed by atoms with Crippen LogP contribution < -0.4 is 10.6 Å². The lowest BCUT2D eigenvalue weighted by Gasteiger charge is -2.31. The minimum absolute atomic E-state index is 0.443. The van der Waals surface area contributed by atoms with E-state index < -0.39 is 0 Å². The van der Waals surface area contributed by atoms with E-state index in [0.29, 0.717) is 5.41 Å². The van der Waals surface area contributed by atoms with Crippen LogP contribution in [0.2, 0.25) is 0 Å². The standard InChI is InChI=1S/C15H25BrN4/c1-11(2)8-15(6-4-5-7-15)9-18-14-12(16)13(17-3)19-10-20-14/h10-11H,4-9H2,1-3H3,(H2,17,18,19,20). The minimum atomic E-state index is 0.443. The highest BCUT2D eigenvalue weighted by Crippen LogP contribution is 2.43. The van der Waals surface area contributed by atoms with Crippen molar-refractivity contribution < 1.29 is 0 Å². The molecule has 2 rings (SSSR count). The number of aromatic nitrogens is 2. The van der Waals surface area contributed by atoms with Gasteiger partial charge in [0.2, 0.25) is 0 Å². The Hall–Kier alpha value is -0.840. The van der Waals surface area contributed by atoms with Gasteiger partial charge in [0.25, 0.3) is 0 Å². The largest absolute Gasteiger partial charge is 0.372 e. The van der Waals surface area contributed by atoms with Crippen molar-refractivity contribution in [3.63, 3.8) is 0 Å². The van der Waals surface area contributed by atoms with Crippen LogP contribution >= 0.6 is 15.9 Å². The summed E-state index contributed by atoms with van der Waals surface area (Å²) in [5, 5.41) is 6.61. The van der Waals surface area contributed by atoms with Gasteiger partial charge in [0.1, 0.15) is 22.4 Å². The Morgan fingerprint density at radius 3 is 2.50 bits per heavy atom. The molecule has 1 aromatic rings. The van der Waals surface area contributed by atoms with Gasteiger partial charge in [-0.1, -0.05) is 26.7 Å². The molecular weight excluding hydrogens is 316 g/mol. The third-order valence-corrected chi connectivity index (χ3v) is 4.91. The van der Waals surface area contributed by atoms with E-state index in [1.165, 1.54) is 32.1 Å². The Morgan fingerprint density at radius 2 is 1.90 bits per heavy atom. The van der Waals surface area contributed by atoms with Gasteiger partial charge in [-0.15, -0.1) is 0 Å². The third kappa shape index (κ3) is 3.62. The topological polar surface area (TPSA) is 49.8 Å². The maximum Gasteiger partial charge on any atom is 0.145 e. The van der Waals surface area contributed by atoms with Gasteiger partial charge in [0.15, 0.2) is 0 Å². The van der Waals surface area contributed by atoms with Crippen LogP contribution in [0.1, 0.15) is 46.0 Å². The Labute approximate surface area is 130 Å². The van der Waals surface area contributed by atoms with E-state index in [-0.39, 0.29) is 0 Å². The summed E-state index contributed by atoms with van der Waals surface area (Å²) in [6, 6.07) is 0. The Bertz CT molecular complexity index is 441. The second kappa shape index (κ2) is 6.74. The van der Waals surface area contributed by atoms with E-state index in [9.17, 15) is 0 Å². The molecule has 1 heterocycles. The number of anilines is 2. The van der Waals surface area contributed by atoms with E-state index in [4.69, 9.17) is 0 Å². The Morgan fingerprint density at radius 1 is 1.25 bits per heavy atom. The first-order chi connectivity index (χ1) is 9.56. The SMILES string of the molecule is CNc1ncnc(NCC2(CC(C)C)CCCC2)c1Br. The van der Waals surface area contributed by atoms with E-state index in [2.05, 4.69) is 50.4 Å². The molecule has 0 amide bonds. The molecule has 0 bridgehead atoms. The summed E-state index contributed by atoms with van der Waals surface area (Å²) in [6.45, 7) is 5.64. The molecule has 20 heavy (non-hydrogen) atoms. The van der Waals surface area contributed by atoms with E-state index in [1.807, 2.05) is 7.05 Å². The van der Waals surface area contributed by atoms with Crippen molar-refractivity contribution >= 4 is 27.6 Å². The molecule has 1 aromatic heterocycles. The van der Waals surface area contributed by atoms with Crippen molar-refractivity contribution in [2.24, 2.45) is 11.3 Å². The van der Waals surface area contributed by atoms with Crippen LogP contribution in [-0.4, -0.2) is 23.6 Å². The van der Waals surface area contributed by atoms with E-state index in [1.54, 1.807) is 6.33 Å². The number of halogens is 1. The fraction of sp³-hybridized carbons (Fsp3) is 0.733. The van der Waals surface area contributed by atoms with Crippen molar-refractivity contribution in [3.8, 4) is 0 Å². The second-order valence-electron chi connectivity index (χ2n) is 6.29. The monoisotopic (exact) mass is 340 g/mol. The molecule has 4 nitrogen and oxygen atoms in total. The number of hydrogen-bond donors (Lipinski definition) is 2. The maximum atomic E-state index is 4.35. The number of rotatable bonds is 6. The van der Waals surface area contributed by atoms with Gasteiger partial charge in [0, 0.05) is 13.6 Å². The molecule has 1 fully saturated rings. The van der Waals surface area contributed by atoms with Crippen molar-refractivity contribution in [1.29, 1.82) is 0 Å². The molecule has 5 heteroatoms. The van der Waals surface area contributed by atoms with Crippen molar-refractivity contribution in [3.05, 3.63) is 10.8 Å². The van der Waals surface area contributed by atoms with Crippen molar-refractivity contribution in [1.82, 2.24) is 9.97 Å². The normalized spacial score (nSPS) is 17.4. The summed E-state index contributed by atoms with van der Waals surface area (Å²) >= 11 is 3.57. The predicted octanol–water partition coefficient (Wildman–Crippen LogP) is 4.30. The highest BCUT2D eigenvalue weighted by atomic mass is 79.9. The summed E-state index contributed by atoms with van der Waals surface area (Å²) < 4.78 is 0.917.